The number of piperazine rings is 1. The predicted octanol–water partition coefficient (Wildman–Crippen LogP) is 5.27. The maximum atomic E-state index is 13.7. The standard InChI is InChI=1S/C33H38BrN3O8S/c1-33(2,3)44-32(40)37-19-17-36(18-20-37)30(38)29(35-31(39)43-23-26-7-5-4-6-8-26)21-24-9-13-27(14-10-24)45-46(41,42)28-15-11-25(22-34)12-16-28/h4-16,29H,17-23H2,1-3H3,(H,35,39)/t29-/m0/s1. The molecule has 0 radical (unpaired) electrons. The minimum Gasteiger partial charge on any atom is -0.445 e. The van der Waals surface area contributed by atoms with Gasteiger partial charge in [-0.15, -0.1) is 0 Å². The summed E-state index contributed by atoms with van der Waals surface area (Å²) in [5.41, 5.74) is 1.74. The van der Waals surface area contributed by atoms with E-state index < -0.39 is 33.9 Å². The highest BCUT2D eigenvalue weighted by molar-refractivity contribution is 9.08. The number of carbonyl (C=O) groups is 3. The van der Waals surface area contributed by atoms with Crippen LogP contribution in [0.15, 0.2) is 83.8 Å². The summed E-state index contributed by atoms with van der Waals surface area (Å²) in [5, 5.41) is 3.29. The van der Waals surface area contributed by atoms with E-state index in [-0.39, 0.29) is 55.8 Å². The van der Waals surface area contributed by atoms with Crippen molar-refractivity contribution in [3.05, 3.63) is 95.6 Å². The van der Waals surface area contributed by atoms with Gasteiger partial charge in [0, 0.05) is 37.9 Å². The lowest BCUT2D eigenvalue weighted by atomic mass is 10.0. The molecule has 1 saturated heterocycles. The number of ether oxygens (including phenoxy) is 2. The van der Waals surface area contributed by atoms with Crippen LogP contribution in [-0.4, -0.2) is 74.1 Å². The van der Waals surface area contributed by atoms with E-state index in [4.69, 9.17) is 13.7 Å². The van der Waals surface area contributed by atoms with Crippen LogP contribution in [0.1, 0.15) is 37.5 Å². The van der Waals surface area contributed by atoms with Gasteiger partial charge in [0.05, 0.1) is 0 Å². The van der Waals surface area contributed by atoms with Crippen LogP contribution in [0.5, 0.6) is 5.75 Å². The molecule has 0 unspecified atom stereocenters. The zero-order valence-corrected chi connectivity index (χ0v) is 28.4. The number of carbonyl (C=O) groups excluding carboxylic acids is 3. The Bertz CT molecular complexity index is 1590. The molecular formula is C33H38BrN3O8S. The first-order chi connectivity index (χ1) is 21.8. The zero-order valence-electron chi connectivity index (χ0n) is 26.0. The van der Waals surface area contributed by atoms with Crippen LogP contribution in [0.25, 0.3) is 0 Å². The van der Waals surface area contributed by atoms with E-state index in [1.807, 2.05) is 30.3 Å². The van der Waals surface area contributed by atoms with Gasteiger partial charge in [-0.1, -0.05) is 70.5 Å². The Morgan fingerprint density at radius 2 is 1.41 bits per heavy atom. The SMILES string of the molecule is CC(C)(C)OC(=O)N1CCN(C(=O)[C@H](Cc2ccc(OS(=O)(=O)c3ccc(CBr)cc3)cc2)NC(=O)OCc2ccccc2)CC1. The first kappa shape index (κ1) is 34.8. The van der Waals surface area contributed by atoms with E-state index in [2.05, 4.69) is 21.2 Å². The van der Waals surface area contributed by atoms with E-state index >= 15 is 0 Å². The van der Waals surface area contributed by atoms with Crippen molar-refractivity contribution in [2.45, 2.75) is 55.7 Å². The molecule has 0 saturated carbocycles. The van der Waals surface area contributed by atoms with Crippen LogP contribution >= 0.6 is 15.9 Å². The quantitative estimate of drug-likeness (QED) is 0.222. The summed E-state index contributed by atoms with van der Waals surface area (Å²) in [4.78, 5) is 42.2. The lowest BCUT2D eigenvalue weighted by Crippen LogP contribution is -2.56. The lowest BCUT2D eigenvalue weighted by Gasteiger charge is -2.37. The smallest absolute Gasteiger partial charge is 0.410 e. The zero-order chi connectivity index (χ0) is 33.3. The molecule has 0 aromatic heterocycles. The third-order valence-electron chi connectivity index (χ3n) is 6.98. The maximum absolute atomic E-state index is 13.7. The van der Waals surface area contributed by atoms with Crippen molar-refractivity contribution in [1.29, 1.82) is 0 Å². The summed E-state index contributed by atoms with van der Waals surface area (Å²) in [5.74, 6) is -0.236. The monoisotopic (exact) mass is 715 g/mol. The summed E-state index contributed by atoms with van der Waals surface area (Å²) in [7, 11) is -4.05. The van der Waals surface area contributed by atoms with Crippen LogP contribution < -0.4 is 9.50 Å². The van der Waals surface area contributed by atoms with E-state index in [0.717, 1.165) is 11.1 Å². The number of alkyl halides is 1. The number of nitrogens with one attached hydrogen (secondary N) is 1. The highest BCUT2D eigenvalue weighted by Crippen LogP contribution is 2.21. The third-order valence-corrected chi connectivity index (χ3v) is 8.89. The van der Waals surface area contributed by atoms with Crippen LogP contribution in [0.2, 0.25) is 0 Å². The highest BCUT2D eigenvalue weighted by atomic mass is 79.9. The molecule has 0 spiro atoms. The van der Waals surface area contributed by atoms with Crippen molar-refractivity contribution in [3.63, 3.8) is 0 Å². The van der Waals surface area contributed by atoms with Gasteiger partial charge in [0.1, 0.15) is 28.9 Å². The average Bonchev–Trinajstić information content (AvgIpc) is 3.03. The first-order valence-corrected chi connectivity index (χ1v) is 17.3. The molecule has 46 heavy (non-hydrogen) atoms. The van der Waals surface area contributed by atoms with Gasteiger partial charge in [0.15, 0.2) is 0 Å². The molecule has 4 rings (SSSR count). The van der Waals surface area contributed by atoms with Crippen molar-refractivity contribution in [2.75, 3.05) is 26.2 Å². The maximum Gasteiger partial charge on any atom is 0.410 e. The van der Waals surface area contributed by atoms with Gasteiger partial charge in [0.2, 0.25) is 5.91 Å². The minimum atomic E-state index is -4.05. The number of nitrogens with zero attached hydrogens (tertiary/aromatic N) is 2. The predicted molar refractivity (Wildman–Crippen MR) is 175 cm³/mol. The second-order valence-electron chi connectivity index (χ2n) is 11.7. The molecule has 0 aliphatic carbocycles. The Hall–Kier alpha value is -4.10. The molecule has 1 heterocycles. The molecule has 3 aromatic rings. The van der Waals surface area contributed by atoms with Gasteiger partial charge in [-0.2, -0.15) is 8.42 Å². The second kappa shape index (κ2) is 15.5. The average molecular weight is 717 g/mol. The Morgan fingerprint density at radius 3 is 2.00 bits per heavy atom. The number of alkyl carbamates (subject to hydrolysis) is 1. The summed E-state index contributed by atoms with van der Waals surface area (Å²) in [6.07, 6.45) is -1.10. The number of amides is 3. The molecule has 3 amide bonds. The van der Waals surface area contributed by atoms with E-state index in [9.17, 15) is 22.8 Å². The van der Waals surface area contributed by atoms with E-state index in [1.165, 1.54) is 24.3 Å². The van der Waals surface area contributed by atoms with Crippen LogP contribution in [0.3, 0.4) is 0 Å². The van der Waals surface area contributed by atoms with Crippen molar-refractivity contribution >= 4 is 44.1 Å². The molecule has 1 atom stereocenters. The topological polar surface area (TPSA) is 132 Å². The Labute approximate surface area is 278 Å². The van der Waals surface area contributed by atoms with E-state index in [0.29, 0.717) is 10.9 Å². The highest BCUT2D eigenvalue weighted by Gasteiger charge is 2.32. The van der Waals surface area contributed by atoms with Gasteiger partial charge in [0.25, 0.3) is 0 Å². The third kappa shape index (κ3) is 10.2. The van der Waals surface area contributed by atoms with Crippen molar-refractivity contribution in [1.82, 2.24) is 15.1 Å². The van der Waals surface area contributed by atoms with Gasteiger partial charge in [-0.05, 0) is 61.7 Å². The van der Waals surface area contributed by atoms with Gasteiger partial charge in [-0.3, -0.25) is 4.79 Å². The molecule has 0 bridgehead atoms. The molecule has 1 aliphatic heterocycles. The fourth-order valence-electron chi connectivity index (χ4n) is 4.60. The lowest BCUT2D eigenvalue weighted by molar-refractivity contribution is -0.135. The van der Waals surface area contributed by atoms with Crippen molar-refractivity contribution in [2.24, 2.45) is 0 Å². The summed E-state index contributed by atoms with van der Waals surface area (Å²) >= 11 is 3.33. The Balaban J connectivity index is 1.43. The number of hydrogen-bond acceptors (Lipinski definition) is 8. The van der Waals surface area contributed by atoms with Crippen molar-refractivity contribution < 1.29 is 36.5 Å². The summed E-state index contributed by atoms with van der Waals surface area (Å²) in [6.45, 7) is 6.49. The Kier molecular flexibility index (Phi) is 11.7. The fraction of sp³-hybridized carbons (Fsp3) is 0.364. The molecule has 13 heteroatoms. The fourth-order valence-corrected chi connectivity index (χ4v) is 5.90. The first-order valence-electron chi connectivity index (χ1n) is 14.8. The minimum absolute atomic E-state index is 0.0249. The van der Waals surface area contributed by atoms with Gasteiger partial charge in [-0.25, -0.2) is 9.59 Å². The molecule has 1 aliphatic rings. The number of halogens is 1. The second-order valence-corrected chi connectivity index (χ2v) is 13.8. The molecular weight excluding hydrogens is 678 g/mol. The van der Waals surface area contributed by atoms with Gasteiger partial charge < -0.3 is 28.8 Å². The molecule has 11 nitrogen and oxygen atoms in total. The largest absolute Gasteiger partial charge is 0.445 e. The van der Waals surface area contributed by atoms with Crippen molar-refractivity contribution in [3.8, 4) is 5.75 Å². The molecule has 246 valence electrons. The number of benzene rings is 3. The normalized spacial score (nSPS) is 14.3. The van der Waals surface area contributed by atoms with Crippen LogP contribution in [0.4, 0.5) is 9.59 Å². The summed E-state index contributed by atoms with van der Waals surface area (Å²) in [6, 6.07) is 20.8. The number of hydrogen-bond donors (Lipinski definition) is 1. The van der Waals surface area contributed by atoms with E-state index in [1.54, 1.807) is 54.8 Å². The molecule has 1 fully saturated rings. The summed E-state index contributed by atoms with van der Waals surface area (Å²) < 4.78 is 41.7. The van der Waals surface area contributed by atoms with Crippen LogP contribution in [-0.2, 0) is 42.7 Å². The number of rotatable bonds is 10. The Morgan fingerprint density at radius 1 is 0.826 bits per heavy atom. The van der Waals surface area contributed by atoms with Crippen LogP contribution in [0, 0.1) is 0 Å². The molecule has 1 N–H and O–H groups in total. The van der Waals surface area contributed by atoms with Gasteiger partial charge >= 0.3 is 22.3 Å². The molecule has 3 aromatic carbocycles.